The summed E-state index contributed by atoms with van der Waals surface area (Å²) in [7, 11) is -3.59. The molecule has 1 atom stereocenters. The Hall–Kier alpha value is -6.56. The van der Waals surface area contributed by atoms with Gasteiger partial charge in [0.1, 0.15) is 16.8 Å². The molecule has 7 rings (SSSR count). The molecule has 76 heavy (non-hydrogen) atoms. The first-order valence-electron chi connectivity index (χ1n) is 25.6. The first kappa shape index (κ1) is 57.2. The molecule has 6 amide bonds. The van der Waals surface area contributed by atoms with Crippen molar-refractivity contribution in [2.75, 3.05) is 81.6 Å². The molecule has 0 bridgehead atoms. The van der Waals surface area contributed by atoms with E-state index < -0.39 is 44.8 Å². The molecule has 0 saturated carbocycles. The Morgan fingerprint density at radius 3 is 2.28 bits per heavy atom. The number of hydrogen-bond acceptors (Lipinski definition) is 17. The van der Waals surface area contributed by atoms with Gasteiger partial charge in [-0.05, 0) is 120 Å². The van der Waals surface area contributed by atoms with Crippen LogP contribution in [0.1, 0.15) is 104 Å². The van der Waals surface area contributed by atoms with Gasteiger partial charge in [0.25, 0.3) is 11.8 Å². The highest BCUT2D eigenvalue weighted by molar-refractivity contribution is 7.92. The van der Waals surface area contributed by atoms with Gasteiger partial charge in [0, 0.05) is 45.4 Å². The van der Waals surface area contributed by atoms with E-state index in [4.69, 9.17) is 25.8 Å². The van der Waals surface area contributed by atoms with E-state index in [0.717, 1.165) is 36.4 Å². The van der Waals surface area contributed by atoms with E-state index in [1.807, 2.05) is 19.9 Å². The van der Waals surface area contributed by atoms with E-state index in [1.54, 1.807) is 44.2 Å². The van der Waals surface area contributed by atoms with E-state index in [2.05, 4.69) is 59.8 Å². The molecule has 4 aromatic rings. The highest BCUT2D eigenvalue weighted by Gasteiger charge is 2.46. The maximum absolute atomic E-state index is 13.3. The minimum absolute atomic E-state index is 0.00751. The molecular formula is C53H67ClN10O11S. The van der Waals surface area contributed by atoms with Crippen molar-refractivity contribution in [1.29, 1.82) is 0 Å². The summed E-state index contributed by atoms with van der Waals surface area (Å²) in [6.45, 7) is 14.2. The smallest absolute Gasteiger partial charge is 0.264 e. The zero-order chi connectivity index (χ0) is 54.5. The topological polar surface area (TPSA) is 269 Å². The second-order valence-electron chi connectivity index (χ2n) is 19.3. The van der Waals surface area contributed by atoms with Crippen LogP contribution in [0, 0.1) is 6.92 Å². The van der Waals surface area contributed by atoms with Crippen LogP contribution < -0.4 is 36.6 Å². The van der Waals surface area contributed by atoms with Gasteiger partial charge in [-0.25, -0.2) is 13.4 Å². The molecule has 1 aromatic heterocycles. The Labute approximate surface area is 447 Å². The number of imide groups is 2. The fourth-order valence-electron chi connectivity index (χ4n) is 9.13. The Morgan fingerprint density at radius 1 is 0.829 bits per heavy atom. The lowest BCUT2D eigenvalue weighted by Gasteiger charge is -2.33. The van der Waals surface area contributed by atoms with Crippen molar-refractivity contribution in [1.82, 2.24) is 35.7 Å². The van der Waals surface area contributed by atoms with Crippen molar-refractivity contribution in [2.24, 2.45) is 0 Å². The highest BCUT2D eigenvalue weighted by Crippen LogP contribution is 2.39. The van der Waals surface area contributed by atoms with Crippen LogP contribution in [-0.2, 0) is 38.5 Å². The number of anilines is 5. The van der Waals surface area contributed by atoms with Crippen molar-refractivity contribution >= 4 is 85.7 Å². The predicted molar refractivity (Wildman–Crippen MR) is 286 cm³/mol. The third kappa shape index (κ3) is 14.7. The minimum Gasteiger partial charge on any atom is -0.489 e. The molecule has 408 valence electrons. The second kappa shape index (κ2) is 26.5. The lowest BCUT2D eigenvalue weighted by Crippen LogP contribution is -2.54. The number of aryl methyl sites for hydroxylation is 1. The summed E-state index contributed by atoms with van der Waals surface area (Å²) in [5.74, 6) is -1.49. The molecule has 0 radical (unpaired) electrons. The van der Waals surface area contributed by atoms with Crippen LogP contribution >= 0.6 is 11.6 Å². The number of amides is 6. The number of likely N-dealkylation sites (tertiary alicyclic amines) is 1. The molecule has 2 saturated heterocycles. The summed E-state index contributed by atoms with van der Waals surface area (Å²) in [4.78, 5) is 88.1. The number of benzene rings is 3. The van der Waals surface area contributed by atoms with Crippen LogP contribution in [0.4, 0.5) is 28.8 Å². The second-order valence-corrected chi connectivity index (χ2v) is 22.1. The molecule has 3 aliphatic heterocycles. The van der Waals surface area contributed by atoms with Crippen molar-refractivity contribution in [2.45, 2.75) is 101 Å². The Kier molecular flexibility index (Phi) is 19.9. The number of carbonyl (C=O) groups is 6. The standard InChI is InChI=1S/C53H67ClN10O11S/c1-32(2)75-43-30-37(34(5)29-41(43)60-53-57-31-38(54)49(62-53)59-39-10-6-7-12-44(39)76(71,72)33(3)4)35-16-22-63(23-17-35)24-18-45(65)56-21-26-74-28-27-73-25-20-55-19-15-47(67)58-40-11-8-9-36-48(40)52(70)64(51(36)69)42-13-14-46(66)61-50(42)68/h6-12,29-33,35,42,55H,13-28H2,1-5H3,(H,56,65)(H,58,67)(H,61,66,68)(H2,57,59,60,62). The lowest BCUT2D eigenvalue weighted by molar-refractivity contribution is -0.136. The normalized spacial score (nSPS) is 16.3. The summed E-state index contributed by atoms with van der Waals surface area (Å²) in [6, 6.07) is 14.2. The summed E-state index contributed by atoms with van der Waals surface area (Å²) in [5.41, 5.74) is 3.58. The Morgan fingerprint density at radius 2 is 1.55 bits per heavy atom. The number of carbonyl (C=O) groups excluding carboxylic acids is 6. The van der Waals surface area contributed by atoms with E-state index in [0.29, 0.717) is 82.1 Å². The molecule has 3 aromatic carbocycles. The maximum atomic E-state index is 13.3. The zero-order valence-corrected chi connectivity index (χ0v) is 45.0. The summed E-state index contributed by atoms with van der Waals surface area (Å²) in [6.07, 6.45) is 3.69. The first-order chi connectivity index (χ1) is 36.4. The fraction of sp³-hybridized carbons (Fsp3) is 0.472. The van der Waals surface area contributed by atoms with E-state index in [9.17, 15) is 37.2 Å². The molecule has 21 nitrogen and oxygen atoms in total. The Bertz CT molecular complexity index is 2900. The number of halogens is 1. The Balaban J connectivity index is 0.753. The van der Waals surface area contributed by atoms with E-state index in [-0.39, 0.29) is 75.7 Å². The van der Waals surface area contributed by atoms with E-state index >= 15 is 0 Å². The maximum Gasteiger partial charge on any atom is 0.264 e. The van der Waals surface area contributed by atoms with Crippen LogP contribution in [0.3, 0.4) is 0 Å². The van der Waals surface area contributed by atoms with Crippen molar-refractivity contribution in [3.63, 3.8) is 0 Å². The van der Waals surface area contributed by atoms with Crippen molar-refractivity contribution in [3.05, 3.63) is 88.1 Å². The van der Waals surface area contributed by atoms with Gasteiger partial charge < -0.3 is 45.7 Å². The lowest BCUT2D eigenvalue weighted by atomic mass is 9.86. The van der Waals surface area contributed by atoms with Crippen LogP contribution in [0.25, 0.3) is 0 Å². The molecule has 0 aliphatic carbocycles. The number of ether oxygens (including phenoxy) is 3. The number of hydrogen-bond donors (Lipinski definition) is 6. The van der Waals surface area contributed by atoms with Gasteiger partial charge in [-0.3, -0.25) is 39.0 Å². The van der Waals surface area contributed by atoms with Crippen LogP contribution in [0.15, 0.2) is 65.7 Å². The van der Waals surface area contributed by atoms with E-state index in [1.165, 1.54) is 23.9 Å². The summed E-state index contributed by atoms with van der Waals surface area (Å²) >= 11 is 6.51. The van der Waals surface area contributed by atoms with Gasteiger partial charge in [0.2, 0.25) is 29.6 Å². The monoisotopic (exact) mass is 1090 g/mol. The number of fused-ring (bicyclic) bond motifs is 1. The average molecular weight is 1090 g/mol. The van der Waals surface area contributed by atoms with Crippen LogP contribution in [-0.4, -0.2) is 147 Å². The third-order valence-corrected chi connectivity index (χ3v) is 15.6. The van der Waals surface area contributed by atoms with Crippen LogP contribution in [0.5, 0.6) is 5.75 Å². The fourth-order valence-corrected chi connectivity index (χ4v) is 10.5. The van der Waals surface area contributed by atoms with Gasteiger partial charge in [-0.2, -0.15) is 4.98 Å². The molecular weight excluding hydrogens is 1020 g/mol. The van der Waals surface area contributed by atoms with Gasteiger partial charge >= 0.3 is 0 Å². The number of para-hydroxylation sites is 1. The quantitative estimate of drug-likeness (QED) is 0.0328. The number of nitrogens with zero attached hydrogens (tertiary/aromatic N) is 4. The minimum atomic E-state index is -3.59. The third-order valence-electron chi connectivity index (χ3n) is 13.1. The van der Waals surface area contributed by atoms with Gasteiger partial charge in [0.15, 0.2) is 15.7 Å². The van der Waals surface area contributed by atoms with Crippen molar-refractivity contribution < 1.29 is 51.4 Å². The molecule has 4 heterocycles. The molecule has 6 N–H and O–H groups in total. The highest BCUT2D eigenvalue weighted by atomic mass is 35.5. The number of aromatic nitrogens is 2. The zero-order valence-electron chi connectivity index (χ0n) is 43.5. The average Bonchev–Trinajstić information content (AvgIpc) is 3.64. The predicted octanol–water partition coefficient (Wildman–Crippen LogP) is 5.63. The number of rotatable bonds is 26. The number of nitrogens with one attached hydrogen (secondary N) is 6. The SMILES string of the molecule is Cc1cc(Nc2ncc(Cl)c(Nc3ccccc3S(=O)(=O)C(C)C)n2)c(OC(C)C)cc1C1CCN(CCC(=O)NCCOCCOCCNCCC(=O)Nc2cccc3c2C(=O)N(C2CCC(=O)NC2=O)C3=O)CC1. The number of piperidine rings is 2. The number of sulfone groups is 1. The van der Waals surface area contributed by atoms with Gasteiger partial charge in [-0.15, -0.1) is 0 Å². The summed E-state index contributed by atoms with van der Waals surface area (Å²) < 4.78 is 43.7. The molecule has 23 heteroatoms. The summed E-state index contributed by atoms with van der Waals surface area (Å²) in [5, 5.41) is 16.9. The largest absolute Gasteiger partial charge is 0.489 e. The molecule has 1 unspecified atom stereocenters. The molecule has 3 aliphatic rings. The molecule has 2 fully saturated rings. The van der Waals surface area contributed by atoms with Gasteiger partial charge in [0.05, 0.1) is 77.1 Å². The first-order valence-corrected chi connectivity index (χ1v) is 27.5. The van der Waals surface area contributed by atoms with Crippen molar-refractivity contribution in [3.8, 4) is 5.75 Å². The van der Waals surface area contributed by atoms with Gasteiger partial charge in [-0.1, -0.05) is 29.8 Å². The van der Waals surface area contributed by atoms with Crippen LogP contribution in [0.2, 0.25) is 5.02 Å². The molecule has 0 spiro atoms.